The second-order valence-corrected chi connectivity index (χ2v) is 8.80. The fourth-order valence-electron chi connectivity index (χ4n) is 4.32. The number of hydrogen-bond acceptors (Lipinski definition) is 5. The van der Waals surface area contributed by atoms with Crippen molar-refractivity contribution in [1.29, 1.82) is 0 Å². The summed E-state index contributed by atoms with van der Waals surface area (Å²) in [6.45, 7) is 8.18. The van der Waals surface area contributed by atoms with E-state index in [2.05, 4.69) is 19.9 Å². The average molecular weight is 423 g/mol. The number of aromatic hydroxyl groups is 1. The van der Waals surface area contributed by atoms with Crippen molar-refractivity contribution in [1.82, 2.24) is 0 Å². The highest BCUT2D eigenvalue weighted by Crippen LogP contribution is 2.58. The highest BCUT2D eigenvalue weighted by atomic mass is 16.5. The molecule has 0 fully saturated rings. The van der Waals surface area contributed by atoms with Crippen LogP contribution in [0.5, 0.6) is 23.0 Å². The Morgan fingerprint density at radius 1 is 1.16 bits per heavy atom. The first-order chi connectivity index (χ1) is 14.8. The number of benzene rings is 2. The van der Waals surface area contributed by atoms with Crippen LogP contribution in [0.3, 0.4) is 0 Å². The fraction of sp³-hybridized carbons (Fsp3) is 0.385. The number of ether oxygens (including phenoxy) is 3. The lowest BCUT2D eigenvalue weighted by Gasteiger charge is -2.36. The third kappa shape index (κ3) is 3.57. The fourth-order valence-corrected chi connectivity index (χ4v) is 4.32. The molecular formula is C26H30O5. The molecule has 5 heteroatoms. The van der Waals surface area contributed by atoms with Crippen LogP contribution in [0.2, 0.25) is 0 Å². The van der Waals surface area contributed by atoms with Crippen molar-refractivity contribution in [2.75, 3.05) is 13.7 Å². The molecule has 0 saturated heterocycles. The SMILES string of the molecule is COc1c(CC=C(C)C)c(O)cc2c1[C@@H]1Oc3c(CC=C(C)C)cccc3[C@]1(O)CO2. The van der Waals surface area contributed by atoms with E-state index in [1.807, 2.05) is 38.1 Å². The molecule has 0 aromatic heterocycles. The summed E-state index contributed by atoms with van der Waals surface area (Å²) >= 11 is 0. The summed E-state index contributed by atoms with van der Waals surface area (Å²) in [4.78, 5) is 0. The number of hydrogen-bond donors (Lipinski definition) is 2. The van der Waals surface area contributed by atoms with Crippen LogP contribution >= 0.6 is 0 Å². The van der Waals surface area contributed by atoms with E-state index in [0.29, 0.717) is 34.8 Å². The van der Waals surface area contributed by atoms with Crippen molar-refractivity contribution >= 4 is 0 Å². The number of rotatable bonds is 5. The van der Waals surface area contributed by atoms with Gasteiger partial charge in [0.15, 0.2) is 11.7 Å². The van der Waals surface area contributed by atoms with Gasteiger partial charge in [0.05, 0.1) is 12.7 Å². The molecule has 0 radical (unpaired) electrons. The summed E-state index contributed by atoms with van der Waals surface area (Å²) in [5.74, 6) is 1.78. The van der Waals surface area contributed by atoms with Crippen LogP contribution in [0.15, 0.2) is 47.6 Å². The third-order valence-corrected chi connectivity index (χ3v) is 5.95. The second-order valence-electron chi connectivity index (χ2n) is 8.80. The Morgan fingerprint density at radius 2 is 1.87 bits per heavy atom. The summed E-state index contributed by atoms with van der Waals surface area (Å²) in [7, 11) is 1.57. The van der Waals surface area contributed by atoms with Crippen LogP contribution in [0.25, 0.3) is 0 Å². The van der Waals surface area contributed by atoms with Crippen LogP contribution in [0.1, 0.15) is 56.1 Å². The number of phenolic OH excluding ortho intramolecular Hbond substituents is 1. The van der Waals surface area contributed by atoms with Gasteiger partial charge in [-0.25, -0.2) is 0 Å². The lowest BCUT2D eigenvalue weighted by molar-refractivity contribution is -0.0873. The van der Waals surface area contributed by atoms with E-state index >= 15 is 0 Å². The Hall–Kier alpha value is -2.92. The van der Waals surface area contributed by atoms with Crippen molar-refractivity contribution in [2.45, 2.75) is 52.2 Å². The van der Waals surface area contributed by atoms with Gasteiger partial charge in [-0.3, -0.25) is 0 Å². The molecule has 2 aliphatic rings. The molecule has 2 heterocycles. The Morgan fingerprint density at radius 3 is 2.55 bits per heavy atom. The van der Waals surface area contributed by atoms with E-state index in [0.717, 1.165) is 23.1 Å². The van der Waals surface area contributed by atoms with Crippen molar-refractivity contribution in [2.24, 2.45) is 0 Å². The van der Waals surface area contributed by atoms with E-state index in [1.54, 1.807) is 13.2 Å². The maximum atomic E-state index is 11.7. The third-order valence-electron chi connectivity index (χ3n) is 5.95. The van der Waals surface area contributed by atoms with E-state index in [-0.39, 0.29) is 12.4 Å². The van der Waals surface area contributed by atoms with Gasteiger partial charge in [-0.05, 0) is 46.1 Å². The lowest BCUT2D eigenvalue weighted by Crippen LogP contribution is -2.41. The van der Waals surface area contributed by atoms with Gasteiger partial charge in [-0.1, -0.05) is 41.5 Å². The molecular weight excluding hydrogens is 392 g/mol. The molecule has 0 spiro atoms. The van der Waals surface area contributed by atoms with Crippen molar-refractivity contribution in [3.8, 4) is 23.0 Å². The van der Waals surface area contributed by atoms with Gasteiger partial charge >= 0.3 is 0 Å². The van der Waals surface area contributed by atoms with Crippen molar-refractivity contribution in [3.63, 3.8) is 0 Å². The number of para-hydroxylation sites is 1. The summed E-state index contributed by atoms with van der Waals surface area (Å²) in [5, 5.41) is 22.4. The van der Waals surface area contributed by atoms with Gasteiger partial charge in [0.1, 0.15) is 29.6 Å². The topological polar surface area (TPSA) is 68.2 Å². The predicted molar refractivity (Wildman–Crippen MR) is 120 cm³/mol. The number of phenols is 1. The van der Waals surface area contributed by atoms with Gasteiger partial charge in [0.25, 0.3) is 0 Å². The number of allylic oxidation sites excluding steroid dienone is 4. The first-order valence-electron chi connectivity index (χ1n) is 10.6. The predicted octanol–water partition coefficient (Wildman–Crippen LogP) is 5.13. The van der Waals surface area contributed by atoms with Gasteiger partial charge < -0.3 is 24.4 Å². The molecule has 0 unspecified atom stereocenters. The minimum Gasteiger partial charge on any atom is -0.507 e. The standard InChI is InChI=1S/C26H30O5/c1-15(2)9-11-17-7-6-8-19-23(17)31-25-22-21(30-14-26(19,25)28)13-20(27)18(24(22)29-5)12-10-16(3)4/h6-10,13,25,27-28H,11-12,14H2,1-5H3/t25-,26+/m0/s1. The first-order valence-corrected chi connectivity index (χ1v) is 10.6. The minimum absolute atomic E-state index is 0.0413. The molecule has 0 amide bonds. The van der Waals surface area contributed by atoms with Crippen LogP contribution in [-0.2, 0) is 18.4 Å². The Balaban J connectivity index is 1.85. The molecule has 31 heavy (non-hydrogen) atoms. The summed E-state index contributed by atoms with van der Waals surface area (Å²) in [6, 6.07) is 7.46. The second kappa shape index (κ2) is 7.97. The molecule has 0 bridgehead atoms. The maximum Gasteiger partial charge on any atom is 0.168 e. The molecule has 4 rings (SSSR count). The lowest BCUT2D eigenvalue weighted by atomic mass is 9.83. The van der Waals surface area contributed by atoms with Crippen molar-refractivity contribution < 1.29 is 24.4 Å². The number of fused-ring (bicyclic) bond motifs is 5. The molecule has 0 aliphatic carbocycles. The van der Waals surface area contributed by atoms with Crippen LogP contribution < -0.4 is 14.2 Å². The number of methoxy groups -OCH3 is 1. The zero-order valence-electron chi connectivity index (χ0n) is 18.8. The van der Waals surface area contributed by atoms with Gasteiger partial charge in [-0.2, -0.15) is 0 Å². The van der Waals surface area contributed by atoms with Crippen LogP contribution in [0, 0.1) is 0 Å². The molecule has 2 aliphatic heterocycles. The molecule has 2 aromatic rings. The maximum absolute atomic E-state index is 11.7. The van der Waals surface area contributed by atoms with Gasteiger partial charge in [-0.15, -0.1) is 0 Å². The Kier molecular flexibility index (Phi) is 5.48. The average Bonchev–Trinajstić information content (AvgIpc) is 3.03. The van der Waals surface area contributed by atoms with Crippen LogP contribution in [0.4, 0.5) is 0 Å². The van der Waals surface area contributed by atoms with E-state index in [1.165, 1.54) is 5.57 Å². The summed E-state index contributed by atoms with van der Waals surface area (Å²) in [5.41, 5.74) is 4.06. The normalized spacial score (nSPS) is 20.5. The quantitative estimate of drug-likeness (QED) is 0.654. The summed E-state index contributed by atoms with van der Waals surface area (Å²) < 4.78 is 18.1. The highest BCUT2D eigenvalue weighted by Gasteiger charge is 2.55. The molecule has 2 atom stereocenters. The first kappa shape index (κ1) is 21.3. The monoisotopic (exact) mass is 422 g/mol. The smallest absolute Gasteiger partial charge is 0.168 e. The highest BCUT2D eigenvalue weighted by molar-refractivity contribution is 5.63. The Bertz CT molecular complexity index is 1070. The van der Waals surface area contributed by atoms with Gasteiger partial charge in [0.2, 0.25) is 0 Å². The van der Waals surface area contributed by atoms with E-state index < -0.39 is 11.7 Å². The largest absolute Gasteiger partial charge is 0.507 e. The number of aliphatic hydroxyl groups is 1. The van der Waals surface area contributed by atoms with Crippen molar-refractivity contribution in [3.05, 3.63) is 69.8 Å². The molecule has 0 saturated carbocycles. The Labute approximate surface area is 183 Å². The van der Waals surface area contributed by atoms with E-state index in [4.69, 9.17) is 14.2 Å². The van der Waals surface area contributed by atoms with Gasteiger partial charge in [0, 0.05) is 17.2 Å². The zero-order valence-corrected chi connectivity index (χ0v) is 18.8. The summed E-state index contributed by atoms with van der Waals surface area (Å²) in [6.07, 6.45) is 4.72. The molecule has 5 nitrogen and oxygen atoms in total. The van der Waals surface area contributed by atoms with E-state index in [9.17, 15) is 10.2 Å². The van der Waals surface area contributed by atoms with Crippen LogP contribution in [-0.4, -0.2) is 23.9 Å². The molecule has 2 N–H and O–H groups in total. The molecule has 2 aromatic carbocycles. The zero-order chi connectivity index (χ0) is 22.3. The minimum atomic E-state index is -1.33. The molecule has 164 valence electrons.